The van der Waals surface area contributed by atoms with E-state index >= 15 is 0 Å². The number of benzene rings is 1. The second-order valence-corrected chi connectivity index (χ2v) is 3.17. The van der Waals surface area contributed by atoms with Crippen molar-refractivity contribution in [3.63, 3.8) is 0 Å². The van der Waals surface area contributed by atoms with E-state index in [0.29, 0.717) is 17.5 Å². The molecule has 0 aliphatic rings. The lowest BCUT2D eigenvalue weighted by atomic mass is 10.00. The number of halogens is 3. The molecule has 0 amide bonds. The largest absolute Gasteiger partial charge is 0.416 e. The van der Waals surface area contributed by atoms with E-state index in [9.17, 15) is 13.2 Å². The zero-order valence-corrected chi connectivity index (χ0v) is 8.23. The third-order valence-corrected chi connectivity index (χ3v) is 2.18. The van der Waals surface area contributed by atoms with Crippen molar-refractivity contribution in [3.8, 4) is 6.07 Å². The van der Waals surface area contributed by atoms with Gasteiger partial charge in [-0.3, -0.25) is 0 Å². The van der Waals surface area contributed by atoms with Crippen molar-refractivity contribution in [1.29, 1.82) is 5.26 Å². The Bertz CT molecular complexity index is 388. The summed E-state index contributed by atoms with van der Waals surface area (Å²) in [5, 5.41) is 8.50. The quantitative estimate of drug-likeness (QED) is 0.739. The van der Waals surface area contributed by atoms with Crippen molar-refractivity contribution in [2.24, 2.45) is 0 Å². The van der Waals surface area contributed by atoms with Gasteiger partial charge in [0.1, 0.15) is 0 Å². The van der Waals surface area contributed by atoms with Crippen LogP contribution in [0.3, 0.4) is 0 Å². The van der Waals surface area contributed by atoms with E-state index < -0.39 is 11.7 Å². The summed E-state index contributed by atoms with van der Waals surface area (Å²) in [5.74, 6) is 0. The molecule has 0 unspecified atom stereocenters. The number of aryl methyl sites for hydroxylation is 1. The van der Waals surface area contributed by atoms with Crippen LogP contribution in [0.5, 0.6) is 0 Å². The number of rotatable bonds is 2. The van der Waals surface area contributed by atoms with Gasteiger partial charge in [0, 0.05) is 0 Å². The molecule has 0 atom stereocenters. The third kappa shape index (κ3) is 2.72. The zero-order valence-electron chi connectivity index (χ0n) is 8.23. The van der Waals surface area contributed by atoms with Crippen LogP contribution in [0.25, 0.3) is 0 Å². The minimum atomic E-state index is -4.31. The Labute approximate surface area is 86.1 Å². The van der Waals surface area contributed by atoms with E-state index in [0.717, 1.165) is 12.1 Å². The predicted molar refractivity (Wildman–Crippen MR) is 50.1 cm³/mol. The molecular weight excluding hydrogens is 203 g/mol. The van der Waals surface area contributed by atoms with Crippen LogP contribution in [0.1, 0.15) is 23.6 Å². The molecule has 0 saturated carbocycles. The summed E-state index contributed by atoms with van der Waals surface area (Å²) < 4.78 is 37.1. The Morgan fingerprint density at radius 3 is 2.40 bits per heavy atom. The Morgan fingerprint density at radius 1 is 1.27 bits per heavy atom. The second-order valence-electron chi connectivity index (χ2n) is 3.17. The lowest BCUT2D eigenvalue weighted by molar-refractivity contribution is -0.137. The first kappa shape index (κ1) is 11.6. The van der Waals surface area contributed by atoms with E-state index in [1.54, 1.807) is 6.92 Å². The van der Waals surface area contributed by atoms with Crippen LogP contribution in [0, 0.1) is 11.3 Å². The molecule has 1 nitrogen and oxygen atoms in total. The van der Waals surface area contributed by atoms with Gasteiger partial charge >= 0.3 is 6.18 Å². The molecule has 0 fully saturated rings. The fourth-order valence-corrected chi connectivity index (χ4v) is 1.39. The zero-order chi connectivity index (χ0) is 11.5. The first-order valence-electron chi connectivity index (χ1n) is 4.55. The van der Waals surface area contributed by atoms with Gasteiger partial charge in [0.05, 0.1) is 18.1 Å². The highest BCUT2D eigenvalue weighted by molar-refractivity contribution is 5.35. The van der Waals surface area contributed by atoms with Gasteiger partial charge < -0.3 is 0 Å². The molecule has 15 heavy (non-hydrogen) atoms. The van der Waals surface area contributed by atoms with Crippen LogP contribution in [0.2, 0.25) is 0 Å². The number of nitriles is 1. The van der Waals surface area contributed by atoms with Crippen molar-refractivity contribution in [2.75, 3.05) is 0 Å². The molecule has 0 bridgehead atoms. The average Bonchev–Trinajstić information content (AvgIpc) is 2.17. The van der Waals surface area contributed by atoms with Crippen molar-refractivity contribution >= 4 is 0 Å². The highest BCUT2D eigenvalue weighted by Crippen LogP contribution is 2.30. The molecule has 4 heteroatoms. The van der Waals surface area contributed by atoms with Gasteiger partial charge in [0.2, 0.25) is 0 Å². The summed E-state index contributed by atoms with van der Waals surface area (Å²) in [6.45, 7) is 1.77. The van der Waals surface area contributed by atoms with Crippen LogP contribution in [-0.4, -0.2) is 0 Å². The monoisotopic (exact) mass is 213 g/mol. The summed E-state index contributed by atoms with van der Waals surface area (Å²) in [7, 11) is 0. The fraction of sp³-hybridized carbons (Fsp3) is 0.364. The van der Waals surface area contributed by atoms with Gasteiger partial charge in [0.15, 0.2) is 0 Å². The van der Waals surface area contributed by atoms with Crippen LogP contribution in [-0.2, 0) is 19.0 Å². The molecule has 1 aromatic rings. The number of hydrogen-bond acceptors (Lipinski definition) is 1. The second kappa shape index (κ2) is 4.35. The van der Waals surface area contributed by atoms with Gasteiger partial charge in [-0.05, 0) is 29.7 Å². The van der Waals surface area contributed by atoms with Crippen molar-refractivity contribution < 1.29 is 13.2 Å². The van der Waals surface area contributed by atoms with Crippen LogP contribution in [0.4, 0.5) is 13.2 Å². The lowest BCUT2D eigenvalue weighted by Crippen LogP contribution is -2.06. The number of hydrogen-bond donors (Lipinski definition) is 0. The van der Waals surface area contributed by atoms with Crippen molar-refractivity contribution in [1.82, 2.24) is 0 Å². The molecule has 0 heterocycles. The molecule has 0 N–H and O–H groups in total. The topological polar surface area (TPSA) is 23.8 Å². The summed E-state index contributed by atoms with van der Waals surface area (Å²) in [6.07, 6.45) is -3.66. The maximum atomic E-state index is 12.4. The summed E-state index contributed by atoms with van der Waals surface area (Å²) in [6, 6.07) is 5.45. The molecule has 0 aliphatic heterocycles. The van der Waals surface area contributed by atoms with Gasteiger partial charge in [-0.25, -0.2) is 0 Å². The highest BCUT2D eigenvalue weighted by atomic mass is 19.4. The fourth-order valence-electron chi connectivity index (χ4n) is 1.39. The molecule has 0 saturated heterocycles. The SMILES string of the molecule is CCc1cc(C(F)(F)F)ccc1CC#N. The van der Waals surface area contributed by atoms with Crippen LogP contribution in [0.15, 0.2) is 18.2 Å². The van der Waals surface area contributed by atoms with Gasteiger partial charge in [-0.1, -0.05) is 13.0 Å². The van der Waals surface area contributed by atoms with E-state index in [-0.39, 0.29) is 6.42 Å². The van der Waals surface area contributed by atoms with Gasteiger partial charge in [0.25, 0.3) is 0 Å². The minimum absolute atomic E-state index is 0.154. The van der Waals surface area contributed by atoms with E-state index in [1.807, 2.05) is 6.07 Å². The molecule has 0 aromatic heterocycles. The highest BCUT2D eigenvalue weighted by Gasteiger charge is 2.30. The maximum Gasteiger partial charge on any atom is 0.416 e. The number of nitrogens with zero attached hydrogens (tertiary/aromatic N) is 1. The summed E-state index contributed by atoms with van der Waals surface area (Å²) in [4.78, 5) is 0. The standard InChI is InChI=1S/C11H10F3N/c1-2-8-7-10(11(12,13)14)4-3-9(8)5-6-15/h3-4,7H,2,5H2,1H3. The van der Waals surface area contributed by atoms with E-state index in [1.165, 1.54) is 6.07 Å². The molecular formula is C11H10F3N. The van der Waals surface area contributed by atoms with Crippen LogP contribution >= 0.6 is 0 Å². The molecule has 0 spiro atoms. The Balaban J connectivity index is 3.14. The predicted octanol–water partition coefficient (Wildman–Crippen LogP) is 3.33. The maximum absolute atomic E-state index is 12.4. The van der Waals surface area contributed by atoms with Crippen molar-refractivity contribution in [2.45, 2.75) is 25.9 Å². The first-order chi connectivity index (χ1) is 6.99. The summed E-state index contributed by atoms with van der Waals surface area (Å²) >= 11 is 0. The normalized spacial score (nSPS) is 11.1. The summed E-state index contributed by atoms with van der Waals surface area (Å²) in [5.41, 5.74) is 0.611. The van der Waals surface area contributed by atoms with Gasteiger partial charge in [-0.2, -0.15) is 18.4 Å². The smallest absolute Gasteiger partial charge is 0.198 e. The first-order valence-corrected chi connectivity index (χ1v) is 4.55. The third-order valence-electron chi connectivity index (χ3n) is 2.18. The average molecular weight is 213 g/mol. The Morgan fingerprint density at radius 2 is 1.93 bits per heavy atom. The lowest BCUT2D eigenvalue weighted by Gasteiger charge is -2.10. The van der Waals surface area contributed by atoms with Crippen molar-refractivity contribution in [3.05, 3.63) is 34.9 Å². The van der Waals surface area contributed by atoms with Crippen LogP contribution < -0.4 is 0 Å². The molecule has 80 valence electrons. The Hall–Kier alpha value is -1.50. The van der Waals surface area contributed by atoms with Gasteiger partial charge in [-0.15, -0.1) is 0 Å². The Kier molecular flexibility index (Phi) is 3.35. The molecule has 0 radical (unpaired) electrons. The molecule has 1 aromatic carbocycles. The minimum Gasteiger partial charge on any atom is -0.198 e. The molecule has 0 aliphatic carbocycles. The molecule has 1 rings (SSSR count). The van der Waals surface area contributed by atoms with E-state index in [2.05, 4.69) is 0 Å². The number of alkyl halides is 3. The van der Waals surface area contributed by atoms with E-state index in [4.69, 9.17) is 5.26 Å².